The van der Waals surface area contributed by atoms with Gasteiger partial charge in [-0.05, 0) is 0 Å². The minimum atomic E-state index is -0.660. The first kappa shape index (κ1) is 8.32. The maximum absolute atomic E-state index is 11.0. The molecule has 5 heteroatoms. The number of methoxy groups -OCH3 is 1. The zero-order valence-corrected chi connectivity index (χ0v) is 6.46. The molecule has 0 spiro atoms. The fourth-order valence-electron chi connectivity index (χ4n) is 0.675. The van der Waals surface area contributed by atoms with Gasteiger partial charge in [-0.25, -0.2) is 4.79 Å². The van der Waals surface area contributed by atoms with E-state index < -0.39 is 6.09 Å². The van der Waals surface area contributed by atoms with Crippen LogP contribution in [0.1, 0.15) is 0 Å². The number of hydrogen-bond donors (Lipinski definition) is 2. The summed E-state index contributed by atoms with van der Waals surface area (Å²) in [5.41, 5.74) is -0.0940. The lowest BCUT2D eigenvalue weighted by Gasteiger charge is -2.00. The first-order valence-corrected chi connectivity index (χ1v) is 3.26. The van der Waals surface area contributed by atoms with Gasteiger partial charge in [0.25, 0.3) is 0 Å². The number of amides is 1. The van der Waals surface area contributed by atoms with Crippen LogP contribution in [0.5, 0.6) is 0 Å². The third kappa shape index (κ3) is 1.85. The molecule has 1 heterocycles. The molecule has 0 aliphatic heterocycles. The largest absolute Gasteiger partial charge is 0.453 e. The third-order valence-corrected chi connectivity index (χ3v) is 1.25. The molecule has 64 valence electrons. The summed E-state index contributed by atoms with van der Waals surface area (Å²) in [7, 11) is 1.23. The Labute approximate surface area is 68.4 Å². The molecule has 0 saturated heterocycles. The highest BCUT2D eigenvalue weighted by atomic mass is 16.5. The molecule has 0 fully saturated rings. The Bertz CT molecular complexity index is 331. The van der Waals surface area contributed by atoms with E-state index in [0.29, 0.717) is 0 Å². The van der Waals surface area contributed by atoms with Crippen LogP contribution in [0.4, 0.5) is 10.5 Å². The average Bonchev–Trinajstić information content (AvgIpc) is 2.09. The van der Waals surface area contributed by atoms with E-state index in [9.17, 15) is 9.59 Å². The number of aromatic nitrogens is 1. The Kier molecular flexibility index (Phi) is 2.47. The molecule has 0 saturated carbocycles. The number of rotatable bonds is 1. The van der Waals surface area contributed by atoms with Crippen molar-refractivity contribution < 1.29 is 9.53 Å². The minimum absolute atomic E-state index is 0.171. The lowest BCUT2D eigenvalue weighted by atomic mass is 10.4. The highest BCUT2D eigenvalue weighted by Crippen LogP contribution is 1.94. The average molecular weight is 168 g/mol. The van der Waals surface area contributed by atoms with E-state index in [2.05, 4.69) is 15.0 Å². The summed E-state index contributed by atoms with van der Waals surface area (Å²) in [5, 5.41) is 2.25. The van der Waals surface area contributed by atoms with Crippen LogP contribution in [-0.2, 0) is 4.74 Å². The summed E-state index contributed by atoms with van der Waals surface area (Å²) in [6, 6.07) is 1.31. The topological polar surface area (TPSA) is 71.2 Å². The van der Waals surface area contributed by atoms with Crippen molar-refractivity contribution in [3.05, 3.63) is 28.7 Å². The fraction of sp³-hybridized carbons (Fsp3) is 0.143. The van der Waals surface area contributed by atoms with Crippen molar-refractivity contribution in [2.45, 2.75) is 0 Å². The number of carbonyl (C=O) groups excluding carboxylic acids is 1. The summed E-state index contributed by atoms with van der Waals surface area (Å²) in [6.07, 6.45) is 2.20. The molecule has 0 unspecified atom stereocenters. The van der Waals surface area contributed by atoms with Crippen molar-refractivity contribution in [1.29, 1.82) is 0 Å². The molecule has 0 atom stereocenters. The van der Waals surface area contributed by atoms with Crippen LogP contribution >= 0.6 is 0 Å². The Hall–Kier alpha value is -1.78. The predicted octanol–water partition coefficient (Wildman–Crippen LogP) is 0.553. The van der Waals surface area contributed by atoms with Gasteiger partial charge in [0, 0.05) is 18.5 Å². The molecule has 2 N–H and O–H groups in total. The second-order valence-electron chi connectivity index (χ2n) is 2.04. The Balaban J connectivity index is 2.83. The molecule has 0 bridgehead atoms. The van der Waals surface area contributed by atoms with E-state index >= 15 is 0 Å². The van der Waals surface area contributed by atoms with E-state index in [1.807, 2.05) is 0 Å². The molecular formula is C7H8N2O3. The standard InChI is InChI=1S/C7H8N2O3/c1-12-7(11)9-5-4-8-3-2-6(5)10/h2-4H,1H3,(H,8,10)(H,9,11). The van der Waals surface area contributed by atoms with Crippen LogP contribution in [0.25, 0.3) is 0 Å². The maximum Gasteiger partial charge on any atom is 0.411 e. The van der Waals surface area contributed by atoms with Crippen LogP contribution in [-0.4, -0.2) is 18.2 Å². The van der Waals surface area contributed by atoms with E-state index in [0.717, 1.165) is 0 Å². The number of carbonyl (C=O) groups is 1. The van der Waals surface area contributed by atoms with E-state index in [1.165, 1.54) is 25.6 Å². The SMILES string of the molecule is COC(=O)Nc1c[nH]ccc1=O. The van der Waals surface area contributed by atoms with Gasteiger partial charge in [-0.3, -0.25) is 10.1 Å². The van der Waals surface area contributed by atoms with E-state index in [-0.39, 0.29) is 11.1 Å². The van der Waals surface area contributed by atoms with Gasteiger partial charge in [0.05, 0.1) is 7.11 Å². The van der Waals surface area contributed by atoms with Crippen molar-refractivity contribution in [2.75, 3.05) is 12.4 Å². The highest BCUT2D eigenvalue weighted by Gasteiger charge is 2.02. The molecular weight excluding hydrogens is 160 g/mol. The smallest absolute Gasteiger partial charge is 0.411 e. The summed E-state index contributed by atoms with van der Waals surface area (Å²) >= 11 is 0. The molecule has 1 amide bonds. The minimum Gasteiger partial charge on any atom is -0.453 e. The first-order chi connectivity index (χ1) is 5.74. The number of pyridine rings is 1. The number of H-pyrrole nitrogens is 1. The monoisotopic (exact) mass is 168 g/mol. The second kappa shape index (κ2) is 3.56. The van der Waals surface area contributed by atoms with Gasteiger partial charge in [-0.15, -0.1) is 0 Å². The quantitative estimate of drug-likeness (QED) is 0.643. The molecule has 0 aliphatic carbocycles. The Morgan fingerprint density at radius 1 is 1.67 bits per heavy atom. The summed E-state index contributed by atoms with van der Waals surface area (Å²) in [4.78, 5) is 24.3. The van der Waals surface area contributed by atoms with E-state index in [4.69, 9.17) is 0 Å². The van der Waals surface area contributed by atoms with Crippen LogP contribution in [0, 0.1) is 0 Å². The van der Waals surface area contributed by atoms with Gasteiger partial charge in [-0.2, -0.15) is 0 Å². The van der Waals surface area contributed by atoms with Gasteiger partial charge in [0.1, 0.15) is 5.69 Å². The zero-order valence-electron chi connectivity index (χ0n) is 6.46. The van der Waals surface area contributed by atoms with Crippen LogP contribution in [0.15, 0.2) is 23.3 Å². The van der Waals surface area contributed by atoms with Crippen molar-refractivity contribution in [3.63, 3.8) is 0 Å². The second-order valence-corrected chi connectivity index (χ2v) is 2.04. The molecule has 1 rings (SSSR count). The number of aromatic amines is 1. The normalized spacial score (nSPS) is 9.08. The van der Waals surface area contributed by atoms with Crippen LogP contribution in [0.3, 0.4) is 0 Å². The third-order valence-electron chi connectivity index (χ3n) is 1.25. The molecule has 0 radical (unpaired) electrons. The molecule has 0 aromatic carbocycles. The van der Waals surface area contributed by atoms with Gasteiger partial charge in [0.15, 0.2) is 0 Å². The van der Waals surface area contributed by atoms with Gasteiger partial charge in [-0.1, -0.05) is 0 Å². The van der Waals surface area contributed by atoms with Gasteiger partial charge < -0.3 is 9.72 Å². The van der Waals surface area contributed by atoms with Crippen molar-refractivity contribution in [1.82, 2.24) is 4.98 Å². The lowest BCUT2D eigenvalue weighted by Crippen LogP contribution is -2.17. The lowest BCUT2D eigenvalue weighted by molar-refractivity contribution is 0.187. The first-order valence-electron chi connectivity index (χ1n) is 3.26. The van der Waals surface area contributed by atoms with Crippen molar-refractivity contribution >= 4 is 11.8 Å². The molecule has 1 aromatic rings. The fourth-order valence-corrected chi connectivity index (χ4v) is 0.675. The number of ether oxygens (including phenoxy) is 1. The number of nitrogens with one attached hydrogen (secondary N) is 2. The van der Waals surface area contributed by atoms with E-state index in [1.54, 1.807) is 0 Å². The highest BCUT2D eigenvalue weighted by molar-refractivity contribution is 5.83. The maximum atomic E-state index is 11.0. The van der Waals surface area contributed by atoms with Crippen LogP contribution in [0.2, 0.25) is 0 Å². The van der Waals surface area contributed by atoms with Crippen molar-refractivity contribution in [2.24, 2.45) is 0 Å². The summed E-state index contributed by atoms with van der Waals surface area (Å²) in [5.74, 6) is 0. The Morgan fingerprint density at radius 3 is 3.00 bits per heavy atom. The number of hydrogen-bond acceptors (Lipinski definition) is 3. The number of anilines is 1. The predicted molar refractivity (Wildman–Crippen MR) is 43.1 cm³/mol. The van der Waals surface area contributed by atoms with Gasteiger partial charge in [0.2, 0.25) is 5.43 Å². The molecule has 0 aliphatic rings. The molecule has 1 aromatic heterocycles. The van der Waals surface area contributed by atoms with Crippen LogP contribution < -0.4 is 10.7 Å². The summed E-state index contributed by atoms with van der Waals surface area (Å²) in [6.45, 7) is 0. The molecule has 5 nitrogen and oxygen atoms in total. The summed E-state index contributed by atoms with van der Waals surface area (Å²) < 4.78 is 4.31. The zero-order chi connectivity index (χ0) is 8.97. The van der Waals surface area contributed by atoms with Gasteiger partial charge >= 0.3 is 6.09 Å². The van der Waals surface area contributed by atoms with Crippen molar-refractivity contribution in [3.8, 4) is 0 Å². The Morgan fingerprint density at radius 2 is 2.42 bits per heavy atom. The molecule has 12 heavy (non-hydrogen) atoms.